The summed E-state index contributed by atoms with van der Waals surface area (Å²) in [7, 11) is -3.93. The molecule has 0 bridgehead atoms. The summed E-state index contributed by atoms with van der Waals surface area (Å²) in [5, 5.41) is 8.94. The number of sulfonamides is 1. The molecule has 1 N–H and O–H groups in total. The number of hydrogen-bond acceptors (Lipinski definition) is 3. The van der Waals surface area contributed by atoms with Gasteiger partial charge in [0.1, 0.15) is 5.83 Å². The Morgan fingerprint density at radius 1 is 1.40 bits per heavy atom. The van der Waals surface area contributed by atoms with Crippen LogP contribution in [0.25, 0.3) is 0 Å². The maximum Gasteiger partial charge on any atom is 0.335 e. The first-order valence-corrected chi connectivity index (χ1v) is 7.40. The average molecular weight is 299 g/mol. The zero-order valence-corrected chi connectivity index (χ0v) is 11.8. The highest BCUT2D eigenvalue weighted by atomic mass is 32.2. The normalized spacial score (nSPS) is 20.4. The lowest BCUT2D eigenvalue weighted by molar-refractivity contribution is -0.133. The lowest BCUT2D eigenvalue weighted by Gasteiger charge is -2.22. The minimum absolute atomic E-state index is 0.0614. The van der Waals surface area contributed by atoms with Gasteiger partial charge in [-0.05, 0) is 25.5 Å². The van der Waals surface area contributed by atoms with Gasteiger partial charge in [0.25, 0.3) is 0 Å². The molecule has 0 radical (unpaired) electrons. The highest BCUT2D eigenvalue weighted by molar-refractivity contribution is 7.89. The number of aryl methyl sites for hydroxylation is 1. The van der Waals surface area contributed by atoms with Crippen LogP contribution in [-0.4, -0.2) is 36.4 Å². The summed E-state index contributed by atoms with van der Waals surface area (Å²) < 4.78 is 39.6. The molecule has 1 unspecified atom stereocenters. The van der Waals surface area contributed by atoms with Crippen molar-refractivity contribution in [1.29, 1.82) is 0 Å². The van der Waals surface area contributed by atoms with Crippen molar-refractivity contribution in [3.63, 3.8) is 0 Å². The number of hydrogen-bond donors (Lipinski definition) is 1. The lowest BCUT2D eigenvalue weighted by Crippen LogP contribution is -2.37. The Balaban J connectivity index is 2.45. The van der Waals surface area contributed by atoms with Crippen LogP contribution in [0.15, 0.2) is 40.6 Å². The van der Waals surface area contributed by atoms with Gasteiger partial charge in [0.05, 0.1) is 23.1 Å². The molecule has 0 spiro atoms. The Labute approximate surface area is 116 Å². The van der Waals surface area contributed by atoms with E-state index in [1.165, 1.54) is 13.0 Å². The third kappa shape index (κ3) is 2.23. The largest absolute Gasteiger partial charge is 0.478 e. The molecule has 1 heterocycles. The SMILES string of the molecule is Cc1ccccc1S(=O)(=O)N1CC(F)=C(C(=O)O)C1C. The molecular formula is C13H14FNO4S. The van der Waals surface area contributed by atoms with E-state index in [1.54, 1.807) is 25.1 Å². The fourth-order valence-corrected chi connectivity index (χ4v) is 4.07. The molecule has 2 rings (SSSR count). The van der Waals surface area contributed by atoms with Gasteiger partial charge in [-0.1, -0.05) is 18.2 Å². The number of carbonyl (C=O) groups is 1. The number of aliphatic carboxylic acids is 1. The fourth-order valence-electron chi connectivity index (χ4n) is 2.29. The highest BCUT2D eigenvalue weighted by Gasteiger charge is 2.41. The van der Waals surface area contributed by atoms with Gasteiger partial charge in [-0.3, -0.25) is 0 Å². The van der Waals surface area contributed by atoms with E-state index in [9.17, 15) is 17.6 Å². The van der Waals surface area contributed by atoms with Crippen molar-refractivity contribution in [2.45, 2.75) is 24.8 Å². The molecule has 5 nitrogen and oxygen atoms in total. The topological polar surface area (TPSA) is 74.7 Å². The minimum atomic E-state index is -3.93. The van der Waals surface area contributed by atoms with Crippen molar-refractivity contribution < 1.29 is 22.7 Å². The first kappa shape index (κ1) is 14.7. The van der Waals surface area contributed by atoms with Crippen molar-refractivity contribution in [3.8, 4) is 0 Å². The second-order valence-electron chi connectivity index (χ2n) is 4.62. The van der Waals surface area contributed by atoms with E-state index in [-0.39, 0.29) is 4.90 Å². The molecule has 1 atom stereocenters. The van der Waals surface area contributed by atoms with Crippen LogP contribution in [0.1, 0.15) is 12.5 Å². The lowest BCUT2D eigenvalue weighted by atomic mass is 10.1. The van der Waals surface area contributed by atoms with Crippen LogP contribution in [0, 0.1) is 6.92 Å². The van der Waals surface area contributed by atoms with Crippen molar-refractivity contribution in [3.05, 3.63) is 41.2 Å². The van der Waals surface area contributed by atoms with E-state index in [1.807, 2.05) is 0 Å². The molecule has 0 saturated heterocycles. The molecule has 1 aliphatic rings. The predicted octanol–water partition coefficient (Wildman–Crippen LogP) is 1.70. The predicted molar refractivity (Wildman–Crippen MR) is 70.3 cm³/mol. The van der Waals surface area contributed by atoms with Gasteiger partial charge in [-0.25, -0.2) is 17.6 Å². The highest BCUT2D eigenvalue weighted by Crippen LogP contribution is 2.32. The Morgan fingerprint density at radius 2 is 2.00 bits per heavy atom. The molecule has 7 heteroatoms. The van der Waals surface area contributed by atoms with E-state index in [4.69, 9.17) is 5.11 Å². The summed E-state index contributed by atoms with van der Waals surface area (Å²) in [4.78, 5) is 11.0. The van der Waals surface area contributed by atoms with E-state index < -0.39 is 40.0 Å². The van der Waals surface area contributed by atoms with E-state index in [2.05, 4.69) is 0 Å². The van der Waals surface area contributed by atoms with Crippen LogP contribution < -0.4 is 0 Å². The zero-order valence-electron chi connectivity index (χ0n) is 11.0. The molecule has 20 heavy (non-hydrogen) atoms. The van der Waals surface area contributed by atoms with Crippen molar-refractivity contribution >= 4 is 16.0 Å². The Morgan fingerprint density at radius 3 is 2.50 bits per heavy atom. The summed E-state index contributed by atoms with van der Waals surface area (Å²) >= 11 is 0. The van der Waals surface area contributed by atoms with Crippen LogP contribution in [0.3, 0.4) is 0 Å². The first-order valence-electron chi connectivity index (χ1n) is 5.96. The third-order valence-corrected chi connectivity index (χ3v) is 5.42. The van der Waals surface area contributed by atoms with Crippen LogP contribution in [-0.2, 0) is 14.8 Å². The minimum Gasteiger partial charge on any atom is -0.478 e. The fraction of sp³-hybridized carbons (Fsp3) is 0.308. The van der Waals surface area contributed by atoms with Crippen LogP contribution in [0.4, 0.5) is 4.39 Å². The first-order chi connectivity index (χ1) is 9.26. The van der Waals surface area contributed by atoms with E-state index in [0.717, 1.165) is 4.31 Å². The number of carboxylic acid groups (broad SMARTS) is 1. The molecule has 0 saturated carbocycles. The Bertz CT molecular complexity index is 696. The summed E-state index contributed by atoms with van der Waals surface area (Å²) in [5.41, 5.74) is 0.0334. The third-order valence-electron chi connectivity index (χ3n) is 3.35. The molecule has 0 aromatic heterocycles. The van der Waals surface area contributed by atoms with Crippen LogP contribution >= 0.6 is 0 Å². The number of nitrogens with zero attached hydrogens (tertiary/aromatic N) is 1. The average Bonchev–Trinajstić information content (AvgIpc) is 2.65. The number of rotatable bonds is 3. The monoisotopic (exact) mass is 299 g/mol. The summed E-state index contributed by atoms with van der Waals surface area (Å²) in [6, 6.07) is 5.30. The van der Waals surface area contributed by atoms with Gasteiger partial charge in [0.2, 0.25) is 10.0 Å². The number of carboxylic acids is 1. The summed E-state index contributed by atoms with van der Waals surface area (Å²) in [5.74, 6) is -2.35. The quantitative estimate of drug-likeness (QED) is 0.921. The van der Waals surface area contributed by atoms with Crippen LogP contribution in [0.5, 0.6) is 0 Å². The van der Waals surface area contributed by atoms with Crippen LogP contribution in [0.2, 0.25) is 0 Å². The number of benzene rings is 1. The zero-order chi connectivity index (χ0) is 15.1. The van der Waals surface area contributed by atoms with Crippen molar-refractivity contribution in [2.75, 3.05) is 6.54 Å². The van der Waals surface area contributed by atoms with E-state index >= 15 is 0 Å². The van der Waals surface area contributed by atoms with E-state index in [0.29, 0.717) is 5.56 Å². The molecule has 0 amide bonds. The van der Waals surface area contributed by atoms with Gasteiger partial charge in [0.15, 0.2) is 0 Å². The van der Waals surface area contributed by atoms with Gasteiger partial charge in [-0.15, -0.1) is 0 Å². The number of halogens is 1. The maximum absolute atomic E-state index is 13.7. The second-order valence-corrected chi connectivity index (χ2v) is 6.47. The second kappa shape index (κ2) is 4.99. The molecule has 0 fully saturated rings. The van der Waals surface area contributed by atoms with Crippen molar-refractivity contribution in [1.82, 2.24) is 4.31 Å². The molecule has 108 valence electrons. The Hall–Kier alpha value is -1.73. The molecule has 1 aliphatic heterocycles. The van der Waals surface area contributed by atoms with Gasteiger partial charge in [0, 0.05) is 0 Å². The molecule has 1 aromatic rings. The molecular weight excluding hydrogens is 285 g/mol. The summed E-state index contributed by atoms with van der Waals surface area (Å²) in [6.07, 6.45) is 0. The van der Waals surface area contributed by atoms with Crippen molar-refractivity contribution in [2.24, 2.45) is 0 Å². The standard InChI is InChI=1S/C13H14FNO4S/c1-8-5-3-4-6-11(8)20(18,19)15-7-10(14)12(9(15)2)13(16)17/h3-6,9H,7H2,1-2H3,(H,16,17). The molecule has 0 aliphatic carbocycles. The molecule has 1 aromatic carbocycles. The van der Waals surface area contributed by atoms with Gasteiger partial charge >= 0.3 is 5.97 Å². The van der Waals surface area contributed by atoms with Gasteiger partial charge in [-0.2, -0.15) is 4.31 Å². The summed E-state index contributed by atoms with van der Waals surface area (Å²) in [6.45, 7) is 2.46. The smallest absolute Gasteiger partial charge is 0.335 e. The maximum atomic E-state index is 13.7. The van der Waals surface area contributed by atoms with Gasteiger partial charge < -0.3 is 5.11 Å². The Kier molecular flexibility index (Phi) is 3.66.